The Kier molecular flexibility index (Phi) is 16.5. The zero-order valence-corrected chi connectivity index (χ0v) is 24.2. The van der Waals surface area contributed by atoms with Gasteiger partial charge in [0.25, 0.3) is 0 Å². The number of unbranched alkanes of at least 4 members (excludes halogenated alkanes) is 7. The first-order valence-electron chi connectivity index (χ1n) is 11.0. The summed E-state index contributed by atoms with van der Waals surface area (Å²) in [6.07, 6.45) is 9.25. The highest BCUT2D eigenvalue weighted by molar-refractivity contribution is 8.93. The van der Waals surface area contributed by atoms with E-state index < -0.39 is 15.2 Å². The van der Waals surface area contributed by atoms with Crippen molar-refractivity contribution in [3.8, 4) is 0 Å². The minimum absolute atomic E-state index is 0. The Morgan fingerprint density at radius 1 is 0.500 bits per heavy atom. The van der Waals surface area contributed by atoms with Crippen LogP contribution in [0.2, 0.25) is 0 Å². The van der Waals surface area contributed by atoms with Crippen LogP contribution in [0.1, 0.15) is 51.4 Å². The third-order valence-corrected chi connectivity index (χ3v) is 7.11. The van der Waals surface area contributed by atoms with Crippen LogP contribution in [-0.2, 0) is 9.13 Å². The Hall–Kier alpha value is -0.700. The summed E-state index contributed by atoms with van der Waals surface area (Å²) in [6.45, 7) is 1.69. The monoisotopic (exact) mass is 644 g/mol. The van der Waals surface area contributed by atoms with Crippen molar-refractivity contribution in [2.24, 2.45) is 0 Å². The Morgan fingerprint density at radius 2 is 0.765 bits per heavy atom. The lowest BCUT2D eigenvalue weighted by Gasteiger charge is -2.09. The summed E-state index contributed by atoms with van der Waals surface area (Å²) < 4.78 is 22.3. The molecule has 2 rings (SSSR count). The van der Waals surface area contributed by atoms with E-state index in [4.69, 9.17) is 19.6 Å². The number of rotatable bonds is 15. The topological polar surface area (TPSA) is 139 Å². The van der Waals surface area contributed by atoms with Crippen molar-refractivity contribution < 1.29 is 28.7 Å². The molecule has 2 aromatic rings. The molecule has 0 bridgehead atoms. The molecule has 34 heavy (non-hydrogen) atoms. The molecular weight excluding hydrogens is 610 g/mol. The molecule has 0 fully saturated rings. The van der Waals surface area contributed by atoms with Gasteiger partial charge >= 0.3 is 15.2 Å². The smallest absolute Gasteiger partial charge is 0.356 e. The van der Waals surface area contributed by atoms with E-state index in [0.29, 0.717) is 0 Å². The van der Waals surface area contributed by atoms with Crippen molar-refractivity contribution >= 4 is 71.1 Å². The molecular formula is C22H36Br2N2O6P2. The minimum Gasteiger partial charge on any atom is -0.385 e. The van der Waals surface area contributed by atoms with Gasteiger partial charge < -0.3 is 30.2 Å². The van der Waals surface area contributed by atoms with Crippen LogP contribution in [0.4, 0.5) is 11.4 Å². The summed E-state index contributed by atoms with van der Waals surface area (Å²) in [5, 5.41) is 6.62. The predicted octanol–water partition coefficient (Wildman–Crippen LogP) is 5.09. The maximum Gasteiger partial charge on any atom is 0.356 e. The molecule has 12 heteroatoms. The lowest BCUT2D eigenvalue weighted by atomic mass is 10.1. The highest BCUT2D eigenvalue weighted by Gasteiger charge is 2.16. The van der Waals surface area contributed by atoms with Crippen LogP contribution in [-0.4, -0.2) is 32.7 Å². The molecule has 0 radical (unpaired) electrons. The van der Waals surface area contributed by atoms with E-state index >= 15 is 0 Å². The molecule has 0 heterocycles. The molecule has 2 aromatic carbocycles. The largest absolute Gasteiger partial charge is 0.385 e. The zero-order chi connectivity index (χ0) is 23.5. The van der Waals surface area contributed by atoms with Gasteiger partial charge in [0.2, 0.25) is 0 Å². The van der Waals surface area contributed by atoms with Crippen LogP contribution in [0.25, 0.3) is 0 Å². The van der Waals surface area contributed by atoms with Crippen molar-refractivity contribution in [2.75, 3.05) is 23.7 Å². The average Bonchev–Trinajstić information content (AvgIpc) is 2.74. The van der Waals surface area contributed by atoms with Crippen LogP contribution in [0.5, 0.6) is 0 Å². The van der Waals surface area contributed by atoms with Gasteiger partial charge in [0.1, 0.15) is 0 Å². The highest BCUT2D eigenvalue weighted by atomic mass is 79.9. The van der Waals surface area contributed by atoms with E-state index in [9.17, 15) is 9.13 Å². The van der Waals surface area contributed by atoms with Crippen LogP contribution < -0.4 is 21.2 Å². The molecule has 0 saturated carbocycles. The third kappa shape index (κ3) is 13.4. The number of hydrogen-bond donors (Lipinski definition) is 6. The van der Waals surface area contributed by atoms with Gasteiger partial charge in [-0.2, -0.15) is 0 Å². The molecule has 0 saturated heterocycles. The standard InChI is InChI=1S/C22H34N2O6P2.2BrH/c25-31(26,27)21-13-9-19(10-14-21)23-17-7-5-3-1-2-4-6-8-18-24-20-11-15-22(16-12-20)32(28,29)30;;/h9-16,23-24H,1-8,17-18H2,(H2,25,26,27)(H2,28,29,30);2*1H. The number of nitrogens with one attached hydrogen (secondary N) is 2. The Balaban J connectivity index is 0.00000544. The molecule has 0 spiro atoms. The van der Waals surface area contributed by atoms with Gasteiger partial charge in [-0.05, 0) is 61.4 Å². The maximum absolute atomic E-state index is 11.1. The van der Waals surface area contributed by atoms with Crippen LogP contribution in [0.15, 0.2) is 48.5 Å². The summed E-state index contributed by atoms with van der Waals surface area (Å²) in [5.41, 5.74) is 1.74. The van der Waals surface area contributed by atoms with Crippen molar-refractivity contribution in [2.45, 2.75) is 51.4 Å². The summed E-state index contributed by atoms with van der Waals surface area (Å²) in [5.74, 6) is 0. The second kappa shape index (κ2) is 16.9. The summed E-state index contributed by atoms with van der Waals surface area (Å²) in [7, 11) is -8.34. The maximum atomic E-state index is 11.1. The zero-order valence-electron chi connectivity index (χ0n) is 19.0. The molecule has 0 amide bonds. The quantitative estimate of drug-likeness (QED) is 0.116. The highest BCUT2D eigenvalue weighted by Crippen LogP contribution is 2.33. The normalized spacial score (nSPS) is 11.3. The van der Waals surface area contributed by atoms with Crippen LogP contribution in [0, 0.1) is 0 Å². The van der Waals surface area contributed by atoms with E-state index in [0.717, 1.165) is 50.1 Å². The molecule has 0 aliphatic carbocycles. The number of benzene rings is 2. The van der Waals surface area contributed by atoms with Crippen molar-refractivity contribution in [1.29, 1.82) is 0 Å². The van der Waals surface area contributed by atoms with Gasteiger partial charge in [0.05, 0.1) is 10.6 Å². The SMILES string of the molecule is Br.Br.O=P(O)(O)c1ccc(NCCCCCCCCCCNc2ccc(P(=O)(O)O)cc2)cc1. The Morgan fingerprint density at radius 3 is 1.03 bits per heavy atom. The first kappa shape index (κ1) is 33.3. The van der Waals surface area contributed by atoms with Crippen molar-refractivity contribution in [1.82, 2.24) is 0 Å². The predicted molar refractivity (Wildman–Crippen MR) is 151 cm³/mol. The van der Waals surface area contributed by atoms with Crippen LogP contribution in [0.3, 0.4) is 0 Å². The van der Waals surface area contributed by atoms with E-state index in [2.05, 4.69) is 10.6 Å². The van der Waals surface area contributed by atoms with Gasteiger partial charge in [-0.1, -0.05) is 38.5 Å². The molecule has 0 unspecified atom stereocenters. The Bertz CT molecular complexity index is 829. The number of anilines is 2. The summed E-state index contributed by atoms with van der Waals surface area (Å²) >= 11 is 0. The van der Waals surface area contributed by atoms with E-state index in [1.54, 1.807) is 24.3 Å². The van der Waals surface area contributed by atoms with Crippen molar-refractivity contribution in [3.63, 3.8) is 0 Å². The average molecular weight is 646 g/mol. The molecule has 6 N–H and O–H groups in total. The van der Waals surface area contributed by atoms with E-state index in [1.807, 2.05) is 0 Å². The molecule has 194 valence electrons. The first-order chi connectivity index (χ1) is 15.2. The van der Waals surface area contributed by atoms with Crippen LogP contribution >= 0.6 is 49.2 Å². The molecule has 0 atom stereocenters. The van der Waals surface area contributed by atoms with Crippen molar-refractivity contribution in [3.05, 3.63) is 48.5 Å². The fourth-order valence-electron chi connectivity index (χ4n) is 3.32. The molecule has 0 aliphatic rings. The summed E-state index contributed by atoms with van der Waals surface area (Å²) in [4.78, 5) is 36.4. The second-order valence-electron chi connectivity index (χ2n) is 7.86. The van der Waals surface area contributed by atoms with Gasteiger partial charge in [0, 0.05) is 24.5 Å². The number of halogens is 2. The lowest BCUT2D eigenvalue weighted by Crippen LogP contribution is -2.06. The van der Waals surface area contributed by atoms with Gasteiger partial charge in [-0.15, -0.1) is 34.0 Å². The molecule has 0 aliphatic heterocycles. The van der Waals surface area contributed by atoms with E-state index in [1.165, 1.54) is 49.9 Å². The van der Waals surface area contributed by atoms with E-state index in [-0.39, 0.29) is 44.6 Å². The first-order valence-corrected chi connectivity index (χ1v) is 14.2. The summed E-state index contributed by atoms with van der Waals surface area (Å²) in [6, 6.07) is 12.6. The fourth-order valence-corrected chi connectivity index (χ4v) is 4.40. The second-order valence-corrected chi connectivity index (χ2v) is 11.1. The minimum atomic E-state index is -4.17. The van der Waals surface area contributed by atoms with Gasteiger partial charge in [0.15, 0.2) is 0 Å². The molecule has 8 nitrogen and oxygen atoms in total. The molecule has 0 aromatic heterocycles. The van der Waals surface area contributed by atoms with Gasteiger partial charge in [-0.25, -0.2) is 0 Å². The van der Waals surface area contributed by atoms with Gasteiger partial charge in [-0.3, -0.25) is 9.13 Å². The third-order valence-electron chi connectivity index (χ3n) is 5.17. The lowest BCUT2D eigenvalue weighted by molar-refractivity contribution is 0.385. The fraction of sp³-hybridized carbons (Fsp3) is 0.455. The number of hydrogen-bond acceptors (Lipinski definition) is 4. The Labute approximate surface area is 222 Å².